The van der Waals surface area contributed by atoms with E-state index in [4.69, 9.17) is 4.74 Å². The predicted molar refractivity (Wildman–Crippen MR) is 106 cm³/mol. The average Bonchev–Trinajstić information content (AvgIpc) is 3.17. The second-order valence-corrected chi connectivity index (χ2v) is 6.95. The van der Waals surface area contributed by atoms with Crippen LogP contribution >= 0.6 is 0 Å². The first kappa shape index (κ1) is 18.8. The van der Waals surface area contributed by atoms with Crippen molar-refractivity contribution < 1.29 is 14.3 Å². The largest absolute Gasteiger partial charge is 0.450 e. The highest BCUT2D eigenvalue weighted by molar-refractivity contribution is 5.88. The molecule has 29 heavy (non-hydrogen) atoms. The van der Waals surface area contributed by atoms with Gasteiger partial charge in [0.05, 0.1) is 0 Å². The smallest absolute Gasteiger partial charge is 0.378 e. The molecule has 0 atom stereocenters. The number of carbonyl (C=O) groups is 2. The lowest BCUT2D eigenvalue weighted by molar-refractivity contribution is -0.134. The van der Waals surface area contributed by atoms with Crippen LogP contribution in [0.25, 0.3) is 11.4 Å². The molecule has 0 unspecified atom stereocenters. The van der Waals surface area contributed by atoms with Gasteiger partial charge in [0, 0.05) is 24.5 Å². The number of amides is 1. The van der Waals surface area contributed by atoms with Gasteiger partial charge in [0.2, 0.25) is 0 Å². The average molecular weight is 391 g/mol. The minimum Gasteiger partial charge on any atom is -0.450 e. The van der Waals surface area contributed by atoms with Crippen molar-refractivity contribution >= 4 is 23.2 Å². The van der Waals surface area contributed by atoms with Gasteiger partial charge in [-0.15, -0.1) is 5.10 Å². The number of fused-ring (bicyclic) bond motifs is 1. The number of carbonyl (C=O) groups excluding carboxylic acids is 2. The van der Waals surface area contributed by atoms with E-state index in [1.54, 1.807) is 4.90 Å². The molecule has 0 radical (unpaired) electrons. The lowest BCUT2D eigenvalue weighted by Gasteiger charge is -2.26. The molecule has 3 heterocycles. The van der Waals surface area contributed by atoms with Crippen molar-refractivity contribution in [3.8, 4) is 0 Å². The highest BCUT2D eigenvalue weighted by atomic mass is 16.5. The van der Waals surface area contributed by atoms with Gasteiger partial charge in [-0.1, -0.05) is 36.4 Å². The molecule has 0 spiro atoms. The fourth-order valence-corrected chi connectivity index (χ4v) is 3.35. The Labute approximate surface area is 167 Å². The SMILES string of the molecule is Cc1cc(C)n2nc(C(=O)OCC(=O)N3CC=C(c4ccccc4)CC3)nc2n1. The van der Waals surface area contributed by atoms with Gasteiger partial charge >= 0.3 is 5.97 Å². The monoisotopic (exact) mass is 391 g/mol. The van der Waals surface area contributed by atoms with Crippen LogP contribution in [0.1, 0.15) is 34.0 Å². The predicted octanol–water partition coefficient (Wildman–Crippen LogP) is 2.21. The number of hydrogen-bond acceptors (Lipinski definition) is 6. The summed E-state index contributed by atoms with van der Waals surface area (Å²) in [4.78, 5) is 34.7. The summed E-state index contributed by atoms with van der Waals surface area (Å²) >= 11 is 0. The first-order valence-corrected chi connectivity index (χ1v) is 9.41. The lowest BCUT2D eigenvalue weighted by atomic mass is 10.00. The van der Waals surface area contributed by atoms with Crippen molar-refractivity contribution in [3.63, 3.8) is 0 Å². The van der Waals surface area contributed by atoms with Crippen LogP contribution in [-0.4, -0.2) is 56.1 Å². The molecule has 2 aromatic heterocycles. The van der Waals surface area contributed by atoms with Crippen molar-refractivity contribution in [1.29, 1.82) is 0 Å². The Kier molecular flexibility index (Phi) is 5.07. The molecule has 0 aliphatic carbocycles. The number of hydrogen-bond donors (Lipinski definition) is 0. The Morgan fingerprint density at radius 1 is 1.14 bits per heavy atom. The van der Waals surface area contributed by atoms with E-state index < -0.39 is 5.97 Å². The van der Waals surface area contributed by atoms with E-state index in [2.05, 4.69) is 27.2 Å². The lowest BCUT2D eigenvalue weighted by Crippen LogP contribution is -2.37. The molecule has 3 aromatic rings. The number of aromatic nitrogens is 4. The molecule has 1 aromatic carbocycles. The van der Waals surface area contributed by atoms with Gasteiger partial charge in [-0.2, -0.15) is 4.98 Å². The fourth-order valence-electron chi connectivity index (χ4n) is 3.35. The second kappa shape index (κ2) is 7.83. The van der Waals surface area contributed by atoms with Crippen molar-refractivity contribution in [2.24, 2.45) is 0 Å². The summed E-state index contributed by atoms with van der Waals surface area (Å²) < 4.78 is 6.62. The molecule has 0 saturated carbocycles. The Hall–Kier alpha value is -3.55. The van der Waals surface area contributed by atoms with Crippen molar-refractivity contribution in [1.82, 2.24) is 24.5 Å². The quantitative estimate of drug-likeness (QED) is 0.634. The molecule has 4 rings (SSSR count). The third-order valence-corrected chi connectivity index (χ3v) is 4.83. The molecular weight excluding hydrogens is 370 g/mol. The van der Waals surface area contributed by atoms with Crippen molar-refractivity contribution in [3.05, 3.63) is 65.2 Å². The van der Waals surface area contributed by atoms with Gasteiger partial charge in [-0.25, -0.2) is 14.3 Å². The molecule has 148 valence electrons. The molecule has 0 N–H and O–H groups in total. The molecule has 0 saturated heterocycles. The fraction of sp³-hybridized carbons (Fsp3) is 0.286. The van der Waals surface area contributed by atoms with Gasteiger partial charge in [0.25, 0.3) is 17.5 Å². The van der Waals surface area contributed by atoms with E-state index in [9.17, 15) is 9.59 Å². The maximum atomic E-state index is 12.4. The molecular formula is C21H21N5O3. The van der Waals surface area contributed by atoms with Gasteiger partial charge in [0.15, 0.2) is 6.61 Å². The molecule has 8 nitrogen and oxygen atoms in total. The standard InChI is InChI=1S/C21H21N5O3/c1-14-12-15(2)26-21(22-14)23-19(24-26)20(28)29-13-18(27)25-10-8-17(9-11-25)16-6-4-3-5-7-16/h3-8,12H,9-11,13H2,1-2H3. The molecule has 0 bridgehead atoms. The summed E-state index contributed by atoms with van der Waals surface area (Å²) in [6, 6.07) is 11.9. The van der Waals surface area contributed by atoms with E-state index >= 15 is 0 Å². The van der Waals surface area contributed by atoms with E-state index in [1.165, 1.54) is 15.7 Å². The Bertz CT molecular complexity index is 1100. The summed E-state index contributed by atoms with van der Waals surface area (Å²) in [5.41, 5.74) is 3.98. The first-order chi connectivity index (χ1) is 14.0. The number of aryl methyl sites for hydroxylation is 2. The third-order valence-electron chi connectivity index (χ3n) is 4.83. The van der Waals surface area contributed by atoms with Crippen LogP contribution in [0.3, 0.4) is 0 Å². The Balaban J connectivity index is 1.36. The molecule has 0 fully saturated rings. The third kappa shape index (κ3) is 4.01. The summed E-state index contributed by atoms with van der Waals surface area (Å²) in [5, 5.41) is 4.12. The highest BCUT2D eigenvalue weighted by Gasteiger charge is 2.22. The van der Waals surface area contributed by atoms with Crippen molar-refractivity contribution in [2.75, 3.05) is 19.7 Å². The number of nitrogens with zero attached hydrogens (tertiary/aromatic N) is 5. The molecule has 8 heteroatoms. The van der Waals surface area contributed by atoms with Crippen LogP contribution < -0.4 is 0 Å². The van der Waals surface area contributed by atoms with Gasteiger partial charge < -0.3 is 9.64 Å². The van der Waals surface area contributed by atoms with E-state index in [1.807, 2.05) is 44.2 Å². The maximum absolute atomic E-state index is 12.4. The van der Waals surface area contributed by atoms with E-state index in [0.29, 0.717) is 18.9 Å². The Morgan fingerprint density at radius 2 is 1.93 bits per heavy atom. The summed E-state index contributed by atoms with van der Waals surface area (Å²) in [7, 11) is 0. The minimum atomic E-state index is -0.738. The first-order valence-electron chi connectivity index (χ1n) is 9.41. The van der Waals surface area contributed by atoms with Crippen LogP contribution in [0.15, 0.2) is 42.5 Å². The van der Waals surface area contributed by atoms with Gasteiger partial charge in [-0.3, -0.25) is 4.79 Å². The van der Waals surface area contributed by atoms with Crippen molar-refractivity contribution in [2.45, 2.75) is 20.3 Å². The maximum Gasteiger partial charge on any atom is 0.378 e. The van der Waals surface area contributed by atoms with Crippen LogP contribution in [0.5, 0.6) is 0 Å². The van der Waals surface area contributed by atoms with E-state index in [0.717, 1.165) is 17.8 Å². The zero-order valence-corrected chi connectivity index (χ0v) is 16.3. The number of ether oxygens (including phenoxy) is 1. The topological polar surface area (TPSA) is 89.7 Å². The molecule has 1 aliphatic heterocycles. The minimum absolute atomic E-state index is 0.107. The molecule has 1 aliphatic rings. The number of benzene rings is 1. The normalized spacial score (nSPS) is 14.0. The van der Waals surface area contributed by atoms with Crippen LogP contribution in [0, 0.1) is 13.8 Å². The van der Waals surface area contributed by atoms with E-state index in [-0.39, 0.29) is 18.3 Å². The van der Waals surface area contributed by atoms with Gasteiger partial charge in [0.1, 0.15) is 0 Å². The Morgan fingerprint density at radius 3 is 2.66 bits per heavy atom. The van der Waals surface area contributed by atoms with Gasteiger partial charge in [-0.05, 0) is 37.5 Å². The summed E-state index contributed by atoms with van der Waals surface area (Å²) in [6.07, 6.45) is 2.81. The highest BCUT2D eigenvalue weighted by Crippen LogP contribution is 2.22. The zero-order valence-electron chi connectivity index (χ0n) is 16.3. The second-order valence-electron chi connectivity index (χ2n) is 6.95. The summed E-state index contributed by atoms with van der Waals surface area (Å²) in [5.74, 6) is -0.756. The zero-order chi connectivity index (χ0) is 20.4. The van der Waals surface area contributed by atoms with Crippen LogP contribution in [-0.2, 0) is 9.53 Å². The van der Waals surface area contributed by atoms with Crippen LogP contribution in [0.2, 0.25) is 0 Å². The number of esters is 1. The molecule has 1 amide bonds. The summed E-state index contributed by atoms with van der Waals surface area (Å²) in [6.45, 7) is 4.44. The van der Waals surface area contributed by atoms with Crippen LogP contribution in [0.4, 0.5) is 0 Å². The number of rotatable bonds is 4.